The SMILES string of the molecule is C[C@H](N)C[C@H](O)c1cccs1. The lowest BCUT2D eigenvalue weighted by atomic mass is 10.1. The third-order valence-corrected chi connectivity index (χ3v) is 2.44. The van der Waals surface area contributed by atoms with E-state index in [2.05, 4.69) is 0 Å². The van der Waals surface area contributed by atoms with Crippen LogP contribution in [0.15, 0.2) is 17.5 Å². The van der Waals surface area contributed by atoms with Gasteiger partial charge in [0.15, 0.2) is 0 Å². The molecule has 0 saturated carbocycles. The number of hydrogen-bond donors (Lipinski definition) is 2. The van der Waals surface area contributed by atoms with Crippen LogP contribution in [0.25, 0.3) is 0 Å². The molecule has 0 amide bonds. The number of thiophene rings is 1. The average molecular weight is 171 g/mol. The minimum Gasteiger partial charge on any atom is -0.388 e. The lowest BCUT2D eigenvalue weighted by Gasteiger charge is -2.10. The molecule has 1 aromatic rings. The van der Waals surface area contributed by atoms with E-state index >= 15 is 0 Å². The maximum atomic E-state index is 9.51. The van der Waals surface area contributed by atoms with Crippen molar-refractivity contribution in [2.24, 2.45) is 5.73 Å². The van der Waals surface area contributed by atoms with E-state index in [1.165, 1.54) is 0 Å². The van der Waals surface area contributed by atoms with Crippen molar-refractivity contribution >= 4 is 11.3 Å². The monoisotopic (exact) mass is 171 g/mol. The second kappa shape index (κ2) is 3.85. The Balaban J connectivity index is 2.49. The summed E-state index contributed by atoms with van der Waals surface area (Å²) in [5.74, 6) is 0. The van der Waals surface area contributed by atoms with Crippen LogP contribution in [0.2, 0.25) is 0 Å². The van der Waals surface area contributed by atoms with Crippen molar-refractivity contribution < 1.29 is 5.11 Å². The molecule has 0 aliphatic rings. The van der Waals surface area contributed by atoms with Crippen LogP contribution in [0.4, 0.5) is 0 Å². The van der Waals surface area contributed by atoms with Gasteiger partial charge in [0.05, 0.1) is 6.10 Å². The topological polar surface area (TPSA) is 46.2 Å². The average Bonchev–Trinajstić information content (AvgIpc) is 2.35. The van der Waals surface area contributed by atoms with Gasteiger partial charge in [0.2, 0.25) is 0 Å². The zero-order chi connectivity index (χ0) is 8.27. The van der Waals surface area contributed by atoms with Crippen LogP contribution in [0.3, 0.4) is 0 Å². The molecule has 0 bridgehead atoms. The number of aliphatic hydroxyl groups excluding tert-OH is 1. The van der Waals surface area contributed by atoms with Gasteiger partial charge in [-0.1, -0.05) is 6.07 Å². The molecule has 2 nitrogen and oxygen atoms in total. The van der Waals surface area contributed by atoms with Gasteiger partial charge in [-0.15, -0.1) is 11.3 Å². The highest BCUT2D eigenvalue weighted by Gasteiger charge is 2.09. The molecular weight excluding hydrogens is 158 g/mol. The Labute approximate surface area is 70.7 Å². The zero-order valence-corrected chi connectivity index (χ0v) is 7.34. The number of rotatable bonds is 3. The Morgan fingerprint density at radius 3 is 2.91 bits per heavy atom. The van der Waals surface area contributed by atoms with E-state index in [1.54, 1.807) is 11.3 Å². The van der Waals surface area contributed by atoms with Gasteiger partial charge >= 0.3 is 0 Å². The van der Waals surface area contributed by atoms with Gasteiger partial charge in [0.1, 0.15) is 0 Å². The Morgan fingerprint density at radius 2 is 2.45 bits per heavy atom. The minimum atomic E-state index is -0.380. The lowest BCUT2D eigenvalue weighted by molar-refractivity contribution is 0.164. The quantitative estimate of drug-likeness (QED) is 0.724. The predicted octanol–water partition coefficient (Wildman–Crippen LogP) is 1.52. The van der Waals surface area contributed by atoms with Gasteiger partial charge in [-0.3, -0.25) is 0 Å². The Hall–Kier alpha value is -0.380. The van der Waals surface area contributed by atoms with Crippen molar-refractivity contribution in [2.45, 2.75) is 25.5 Å². The van der Waals surface area contributed by atoms with Crippen LogP contribution < -0.4 is 5.73 Å². The van der Waals surface area contributed by atoms with Crippen LogP contribution in [-0.2, 0) is 0 Å². The van der Waals surface area contributed by atoms with Crippen LogP contribution in [0.5, 0.6) is 0 Å². The number of aliphatic hydroxyl groups is 1. The smallest absolute Gasteiger partial charge is 0.0896 e. The van der Waals surface area contributed by atoms with E-state index in [4.69, 9.17) is 5.73 Å². The highest BCUT2D eigenvalue weighted by atomic mass is 32.1. The predicted molar refractivity (Wildman–Crippen MR) is 47.5 cm³/mol. The van der Waals surface area contributed by atoms with Crippen molar-refractivity contribution in [3.05, 3.63) is 22.4 Å². The standard InChI is InChI=1S/C8H13NOS/c1-6(9)5-7(10)8-3-2-4-11-8/h2-4,6-7,10H,5,9H2,1H3/t6-,7-/m0/s1. The Morgan fingerprint density at radius 1 is 1.73 bits per heavy atom. The van der Waals surface area contributed by atoms with E-state index in [1.807, 2.05) is 24.4 Å². The molecule has 62 valence electrons. The summed E-state index contributed by atoms with van der Waals surface area (Å²) in [6.07, 6.45) is 0.260. The second-order valence-corrected chi connectivity index (χ2v) is 3.72. The zero-order valence-electron chi connectivity index (χ0n) is 6.53. The molecular formula is C8H13NOS. The molecule has 0 aliphatic carbocycles. The molecule has 0 radical (unpaired) electrons. The first-order valence-electron chi connectivity index (χ1n) is 3.67. The van der Waals surface area contributed by atoms with Crippen LogP contribution in [-0.4, -0.2) is 11.1 Å². The summed E-state index contributed by atoms with van der Waals surface area (Å²) in [5, 5.41) is 11.5. The fraction of sp³-hybridized carbons (Fsp3) is 0.500. The van der Waals surface area contributed by atoms with E-state index in [-0.39, 0.29) is 12.1 Å². The third-order valence-electron chi connectivity index (χ3n) is 1.47. The van der Waals surface area contributed by atoms with Gasteiger partial charge < -0.3 is 10.8 Å². The van der Waals surface area contributed by atoms with Crippen molar-refractivity contribution in [1.29, 1.82) is 0 Å². The summed E-state index contributed by atoms with van der Waals surface area (Å²) in [4.78, 5) is 1.00. The van der Waals surface area contributed by atoms with Gasteiger partial charge in [-0.05, 0) is 24.8 Å². The molecule has 1 aromatic heterocycles. The normalized spacial score (nSPS) is 16.3. The summed E-state index contributed by atoms with van der Waals surface area (Å²) < 4.78 is 0. The van der Waals surface area contributed by atoms with Crippen LogP contribution in [0.1, 0.15) is 24.3 Å². The first kappa shape index (κ1) is 8.71. The molecule has 11 heavy (non-hydrogen) atoms. The lowest BCUT2D eigenvalue weighted by Crippen LogP contribution is -2.17. The molecule has 1 heterocycles. The number of nitrogens with two attached hydrogens (primary N) is 1. The molecule has 0 aromatic carbocycles. The van der Waals surface area contributed by atoms with Gasteiger partial charge in [-0.25, -0.2) is 0 Å². The first-order chi connectivity index (χ1) is 5.20. The molecule has 0 fully saturated rings. The fourth-order valence-corrected chi connectivity index (χ4v) is 1.67. The molecule has 2 atom stereocenters. The second-order valence-electron chi connectivity index (χ2n) is 2.74. The minimum absolute atomic E-state index is 0.0621. The highest BCUT2D eigenvalue weighted by molar-refractivity contribution is 7.10. The molecule has 0 unspecified atom stereocenters. The van der Waals surface area contributed by atoms with Gasteiger partial charge in [-0.2, -0.15) is 0 Å². The molecule has 3 heteroatoms. The van der Waals surface area contributed by atoms with Crippen molar-refractivity contribution in [2.75, 3.05) is 0 Å². The molecule has 0 saturated heterocycles. The van der Waals surface area contributed by atoms with Crippen molar-refractivity contribution in [3.63, 3.8) is 0 Å². The van der Waals surface area contributed by atoms with E-state index < -0.39 is 0 Å². The van der Waals surface area contributed by atoms with Crippen molar-refractivity contribution in [1.82, 2.24) is 0 Å². The van der Waals surface area contributed by atoms with Gasteiger partial charge in [0, 0.05) is 10.9 Å². The van der Waals surface area contributed by atoms with Crippen LogP contribution in [0, 0.1) is 0 Å². The maximum absolute atomic E-state index is 9.51. The summed E-state index contributed by atoms with van der Waals surface area (Å²) in [7, 11) is 0. The first-order valence-corrected chi connectivity index (χ1v) is 4.55. The van der Waals surface area contributed by atoms with Gasteiger partial charge in [0.25, 0.3) is 0 Å². The fourth-order valence-electron chi connectivity index (χ4n) is 0.949. The molecule has 1 rings (SSSR count). The summed E-state index contributed by atoms with van der Waals surface area (Å²) in [6, 6.07) is 3.93. The highest BCUT2D eigenvalue weighted by Crippen LogP contribution is 2.21. The van der Waals surface area contributed by atoms with E-state index in [9.17, 15) is 5.11 Å². The number of hydrogen-bond acceptors (Lipinski definition) is 3. The largest absolute Gasteiger partial charge is 0.388 e. The molecule has 3 N–H and O–H groups in total. The maximum Gasteiger partial charge on any atom is 0.0896 e. The summed E-state index contributed by atoms with van der Waals surface area (Å²) in [5.41, 5.74) is 5.54. The molecule has 0 spiro atoms. The Kier molecular flexibility index (Phi) is 3.05. The van der Waals surface area contributed by atoms with Crippen molar-refractivity contribution in [3.8, 4) is 0 Å². The summed E-state index contributed by atoms with van der Waals surface area (Å²) >= 11 is 1.57. The van der Waals surface area contributed by atoms with E-state index in [0.717, 1.165) is 4.88 Å². The third kappa shape index (κ3) is 2.61. The van der Waals surface area contributed by atoms with E-state index in [0.29, 0.717) is 6.42 Å². The molecule has 0 aliphatic heterocycles. The Bertz CT molecular complexity index is 196. The van der Waals surface area contributed by atoms with Crippen LogP contribution >= 0.6 is 11.3 Å². The summed E-state index contributed by atoms with van der Waals surface area (Å²) in [6.45, 7) is 1.90.